The summed E-state index contributed by atoms with van der Waals surface area (Å²) < 4.78 is 33.7. The molecule has 3 rings (SSSR count). The van der Waals surface area contributed by atoms with Gasteiger partial charge in [-0.15, -0.1) is 0 Å². The van der Waals surface area contributed by atoms with Crippen LogP contribution < -0.4 is 21.7 Å². The summed E-state index contributed by atoms with van der Waals surface area (Å²) in [6, 6.07) is 6.28. The van der Waals surface area contributed by atoms with E-state index in [1.807, 2.05) is 0 Å². The fourth-order valence-corrected chi connectivity index (χ4v) is 3.83. The first kappa shape index (κ1) is 24.5. The molecular formula is C22H20N4O7S. The minimum Gasteiger partial charge on any atom is -0.494 e. The summed E-state index contributed by atoms with van der Waals surface area (Å²) in [5.41, 5.74) is -1.11. The standard InChI is InChI=1S/C22H20N4O7S/c1-13-17(4-3-5-18-14(2)24-25(10-11-27)20(18)28)21(29)26(22(30)19(13)12-23)15-6-8-16(9-7-15)34(31,32)33/h3-9,24,27,29H,2,10-11H2,1H3,(H,31,32,33). The quantitative estimate of drug-likeness (QED) is 0.334. The number of allylic oxidation sites excluding steroid dienone is 1. The summed E-state index contributed by atoms with van der Waals surface area (Å²) in [6.45, 7) is 5.03. The Labute approximate surface area is 192 Å². The molecular weight excluding hydrogens is 464 g/mol. The SMILES string of the molecule is C=c1[nH]n(CCO)c(=O)c1=CC=Cc1c(C)c(C#N)c(=O)n(-c2ccc(S(=O)(=O)O)cc2)c1O. The zero-order valence-corrected chi connectivity index (χ0v) is 18.7. The Bertz CT molecular complexity index is 1670. The Balaban J connectivity index is 2.19. The molecule has 3 aromatic rings. The van der Waals surface area contributed by atoms with Crippen molar-refractivity contribution < 1.29 is 23.2 Å². The van der Waals surface area contributed by atoms with Crippen molar-refractivity contribution in [1.82, 2.24) is 14.3 Å². The van der Waals surface area contributed by atoms with Gasteiger partial charge in [-0.25, -0.2) is 9.25 Å². The van der Waals surface area contributed by atoms with E-state index < -0.39 is 32.0 Å². The van der Waals surface area contributed by atoms with Gasteiger partial charge in [0.15, 0.2) is 0 Å². The van der Waals surface area contributed by atoms with E-state index >= 15 is 0 Å². The summed E-state index contributed by atoms with van der Waals surface area (Å²) in [4.78, 5) is 24.8. The van der Waals surface area contributed by atoms with Crippen LogP contribution in [-0.2, 0) is 16.7 Å². The second-order valence-electron chi connectivity index (χ2n) is 7.17. The molecule has 4 N–H and O–H groups in total. The zero-order valence-electron chi connectivity index (χ0n) is 17.9. The van der Waals surface area contributed by atoms with Crippen molar-refractivity contribution in [3.8, 4) is 17.6 Å². The molecule has 0 aliphatic heterocycles. The number of nitrogens with one attached hydrogen (secondary N) is 1. The topological polar surface area (TPSA) is 178 Å². The predicted molar refractivity (Wildman–Crippen MR) is 123 cm³/mol. The highest BCUT2D eigenvalue weighted by Crippen LogP contribution is 2.26. The molecule has 0 bridgehead atoms. The first-order valence-electron chi connectivity index (χ1n) is 9.74. The molecule has 0 saturated heterocycles. The molecule has 1 aromatic carbocycles. The van der Waals surface area contributed by atoms with Crippen molar-refractivity contribution in [2.24, 2.45) is 0 Å². The van der Waals surface area contributed by atoms with Crippen LogP contribution in [0.4, 0.5) is 0 Å². The van der Waals surface area contributed by atoms with Gasteiger partial charge in [0.2, 0.25) is 5.88 Å². The highest BCUT2D eigenvalue weighted by molar-refractivity contribution is 7.85. The largest absolute Gasteiger partial charge is 0.494 e. The second-order valence-corrected chi connectivity index (χ2v) is 8.59. The number of hydrogen-bond acceptors (Lipinski definition) is 7. The van der Waals surface area contributed by atoms with Crippen molar-refractivity contribution in [3.05, 3.63) is 78.3 Å². The fourth-order valence-electron chi connectivity index (χ4n) is 3.35. The van der Waals surface area contributed by atoms with Crippen LogP contribution in [0, 0.1) is 18.3 Å². The molecule has 0 unspecified atom stereocenters. The first-order chi connectivity index (χ1) is 16.0. The zero-order chi connectivity index (χ0) is 25.2. The molecule has 0 saturated carbocycles. The Kier molecular flexibility index (Phi) is 6.73. The number of nitrogens with zero attached hydrogens (tertiary/aromatic N) is 3. The molecule has 11 nitrogen and oxygen atoms in total. The highest BCUT2D eigenvalue weighted by atomic mass is 32.2. The third-order valence-corrected chi connectivity index (χ3v) is 5.94. The van der Waals surface area contributed by atoms with E-state index in [4.69, 9.17) is 9.66 Å². The molecule has 0 atom stereocenters. The summed E-state index contributed by atoms with van der Waals surface area (Å²) in [7, 11) is -4.46. The minimum absolute atomic E-state index is 0.0580. The van der Waals surface area contributed by atoms with Crippen molar-refractivity contribution in [2.75, 3.05) is 6.61 Å². The summed E-state index contributed by atoms with van der Waals surface area (Å²) in [6.07, 6.45) is 4.26. The lowest BCUT2D eigenvalue weighted by Crippen LogP contribution is -2.34. The Morgan fingerprint density at radius 1 is 1.21 bits per heavy atom. The normalized spacial score (nSPS) is 12.4. The van der Waals surface area contributed by atoms with Crippen LogP contribution in [0.15, 0.2) is 44.8 Å². The van der Waals surface area contributed by atoms with Crippen LogP contribution in [0.25, 0.3) is 24.4 Å². The number of hydrogen-bond donors (Lipinski definition) is 4. The first-order valence-corrected chi connectivity index (χ1v) is 11.2. The summed E-state index contributed by atoms with van der Waals surface area (Å²) in [5.74, 6) is -0.521. The number of benzene rings is 1. The maximum Gasteiger partial charge on any atom is 0.294 e. The molecule has 12 heteroatoms. The van der Waals surface area contributed by atoms with E-state index in [9.17, 15) is 28.4 Å². The average molecular weight is 484 g/mol. The van der Waals surface area contributed by atoms with Crippen molar-refractivity contribution in [3.63, 3.8) is 0 Å². The maximum atomic E-state index is 12.8. The lowest BCUT2D eigenvalue weighted by molar-refractivity contribution is 0.267. The van der Waals surface area contributed by atoms with E-state index in [0.717, 1.165) is 16.7 Å². The fraction of sp³-hybridized carbons (Fsp3) is 0.136. The lowest BCUT2D eigenvalue weighted by Gasteiger charge is -2.14. The van der Waals surface area contributed by atoms with E-state index in [1.165, 1.54) is 42.0 Å². The lowest BCUT2D eigenvalue weighted by atomic mass is 10.0. The number of nitriles is 1. The van der Waals surface area contributed by atoms with Crippen LogP contribution in [-0.4, -0.2) is 44.1 Å². The molecule has 0 fully saturated rings. The van der Waals surface area contributed by atoms with Gasteiger partial charge in [0.1, 0.15) is 11.6 Å². The third-order valence-electron chi connectivity index (χ3n) is 5.07. The van der Waals surface area contributed by atoms with E-state index in [-0.39, 0.29) is 40.7 Å². The van der Waals surface area contributed by atoms with Gasteiger partial charge in [0.05, 0.1) is 34.3 Å². The Hall–Kier alpha value is -4.18. The van der Waals surface area contributed by atoms with Gasteiger partial charge in [-0.1, -0.05) is 12.7 Å². The molecule has 34 heavy (non-hydrogen) atoms. The van der Waals surface area contributed by atoms with Crippen LogP contribution in [0.3, 0.4) is 0 Å². The van der Waals surface area contributed by atoms with Gasteiger partial charge in [-0.3, -0.25) is 19.2 Å². The molecule has 2 heterocycles. The molecule has 0 radical (unpaired) electrons. The average Bonchev–Trinajstić information content (AvgIpc) is 3.03. The molecule has 0 aliphatic carbocycles. The number of H-pyrrole nitrogens is 1. The smallest absolute Gasteiger partial charge is 0.294 e. The van der Waals surface area contributed by atoms with E-state index in [2.05, 4.69) is 11.7 Å². The van der Waals surface area contributed by atoms with Crippen LogP contribution in [0.2, 0.25) is 0 Å². The predicted octanol–water partition coefficient (Wildman–Crippen LogP) is -0.644. The number of aromatic nitrogens is 3. The van der Waals surface area contributed by atoms with Crippen molar-refractivity contribution in [2.45, 2.75) is 18.4 Å². The summed E-state index contributed by atoms with van der Waals surface area (Å²) in [5, 5.41) is 32.6. The van der Waals surface area contributed by atoms with Crippen LogP contribution >= 0.6 is 0 Å². The van der Waals surface area contributed by atoms with Gasteiger partial charge in [-0.05, 0) is 48.9 Å². The Morgan fingerprint density at radius 3 is 2.41 bits per heavy atom. The molecule has 176 valence electrons. The van der Waals surface area contributed by atoms with Gasteiger partial charge >= 0.3 is 0 Å². The molecule has 0 aliphatic rings. The van der Waals surface area contributed by atoms with Gasteiger partial charge in [0.25, 0.3) is 21.2 Å². The molecule has 0 spiro atoms. The van der Waals surface area contributed by atoms with Crippen molar-refractivity contribution in [1.29, 1.82) is 5.26 Å². The number of aliphatic hydroxyl groups excluding tert-OH is 1. The minimum atomic E-state index is -4.46. The van der Waals surface area contributed by atoms with E-state index in [0.29, 0.717) is 5.35 Å². The number of aromatic hydroxyl groups is 1. The van der Waals surface area contributed by atoms with Crippen LogP contribution in [0.1, 0.15) is 16.7 Å². The van der Waals surface area contributed by atoms with E-state index in [1.54, 1.807) is 6.07 Å². The molecule has 0 amide bonds. The summed E-state index contributed by atoms with van der Waals surface area (Å²) >= 11 is 0. The number of pyridine rings is 1. The monoisotopic (exact) mass is 484 g/mol. The number of aliphatic hydroxyl groups is 1. The van der Waals surface area contributed by atoms with Gasteiger partial charge in [-0.2, -0.15) is 13.7 Å². The third kappa shape index (κ3) is 4.48. The highest BCUT2D eigenvalue weighted by Gasteiger charge is 2.19. The van der Waals surface area contributed by atoms with Gasteiger partial charge < -0.3 is 10.2 Å². The number of rotatable bonds is 6. The van der Waals surface area contributed by atoms with Gasteiger partial charge in [0, 0.05) is 5.56 Å². The maximum absolute atomic E-state index is 12.8. The second kappa shape index (κ2) is 9.36. The van der Waals surface area contributed by atoms with Crippen LogP contribution in [0.5, 0.6) is 5.88 Å². The molecule has 2 aromatic heterocycles. The van der Waals surface area contributed by atoms with Crippen molar-refractivity contribution >= 4 is 28.8 Å². The Morgan fingerprint density at radius 2 is 1.85 bits per heavy atom. The number of aromatic amines is 1.